The maximum absolute atomic E-state index is 10.6. The van der Waals surface area contributed by atoms with Crippen molar-refractivity contribution in [3.8, 4) is 0 Å². The van der Waals surface area contributed by atoms with Crippen LogP contribution in [0.4, 0.5) is 18.9 Å². The van der Waals surface area contributed by atoms with Gasteiger partial charge in [-0.15, -0.1) is 0 Å². The summed E-state index contributed by atoms with van der Waals surface area (Å²) in [7, 11) is 0. The van der Waals surface area contributed by atoms with Gasteiger partial charge >= 0.3 is 12.1 Å². The molecule has 1 heterocycles. The molecule has 4 nitrogen and oxygen atoms in total. The van der Waals surface area contributed by atoms with Gasteiger partial charge in [0.1, 0.15) is 5.58 Å². The van der Waals surface area contributed by atoms with Crippen molar-refractivity contribution < 1.29 is 27.5 Å². The average Bonchev–Trinajstić information content (AvgIpc) is 2.63. The van der Waals surface area contributed by atoms with Gasteiger partial charge in [0.15, 0.2) is 0 Å². The maximum atomic E-state index is 10.6. The van der Waals surface area contributed by atoms with E-state index < -0.39 is 12.1 Å². The first-order chi connectivity index (χ1) is 7.80. The van der Waals surface area contributed by atoms with E-state index in [1.54, 1.807) is 6.26 Å². The van der Waals surface area contributed by atoms with Crippen molar-refractivity contribution in [2.75, 3.05) is 5.73 Å². The van der Waals surface area contributed by atoms with Crippen LogP contribution >= 0.6 is 0 Å². The van der Waals surface area contributed by atoms with E-state index in [-0.39, 0.29) is 0 Å². The molecule has 0 atom stereocenters. The highest BCUT2D eigenvalue weighted by Crippen LogP contribution is 2.17. The second-order valence-electron chi connectivity index (χ2n) is 3.02. The van der Waals surface area contributed by atoms with Crippen molar-refractivity contribution in [2.45, 2.75) is 6.18 Å². The highest BCUT2D eigenvalue weighted by molar-refractivity contribution is 5.80. The molecule has 2 aromatic rings. The zero-order valence-corrected chi connectivity index (χ0v) is 8.36. The van der Waals surface area contributed by atoms with E-state index in [2.05, 4.69) is 0 Å². The standard InChI is InChI=1S/C8H7NO.C2HF3O2/c9-7-2-1-6-3-4-10-8(6)5-7;3-2(4,5)1(6)7/h1-5H,9H2;(H,6,7). The Hall–Kier alpha value is -2.18. The summed E-state index contributed by atoms with van der Waals surface area (Å²) in [4.78, 5) is 8.90. The highest BCUT2D eigenvalue weighted by Gasteiger charge is 2.38. The van der Waals surface area contributed by atoms with Crippen LogP contribution in [0.1, 0.15) is 0 Å². The molecule has 3 N–H and O–H groups in total. The van der Waals surface area contributed by atoms with Crippen LogP contribution in [-0.4, -0.2) is 17.3 Å². The molecule has 0 aliphatic heterocycles. The number of carbonyl (C=O) groups is 1. The Morgan fingerprint density at radius 1 is 1.29 bits per heavy atom. The van der Waals surface area contributed by atoms with Gasteiger partial charge in [-0.1, -0.05) is 0 Å². The molecule has 92 valence electrons. The molecule has 0 aliphatic carbocycles. The number of alkyl halides is 3. The Bertz CT molecular complexity index is 519. The third-order valence-corrected chi connectivity index (χ3v) is 1.72. The molecule has 17 heavy (non-hydrogen) atoms. The topological polar surface area (TPSA) is 76.5 Å². The van der Waals surface area contributed by atoms with Gasteiger partial charge < -0.3 is 15.3 Å². The highest BCUT2D eigenvalue weighted by atomic mass is 19.4. The van der Waals surface area contributed by atoms with Crippen LogP contribution in [0.3, 0.4) is 0 Å². The second-order valence-corrected chi connectivity index (χ2v) is 3.02. The third kappa shape index (κ3) is 3.71. The van der Waals surface area contributed by atoms with Gasteiger partial charge in [-0.2, -0.15) is 13.2 Å². The summed E-state index contributed by atoms with van der Waals surface area (Å²) in [6.45, 7) is 0. The van der Waals surface area contributed by atoms with Gasteiger partial charge in [0.05, 0.1) is 6.26 Å². The van der Waals surface area contributed by atoms with Gasteiger partial charge in [0.25, 0.3) is 0 Å². The summed E-state index contributed by atoms with van der Waals surface area (Å²) in [5, 5.41) is 8.22. The number of halogens is 3. The first kappa shape index (κ1) is 12.9. The predicted octanol–water partition coefficient (Wildman–Crippen LogP) is 2.65. The van der Waals surface area contributed by atoms with Crippen molar-refractivity contribution in [3.63, 3.8) is 0 Å². The maximum Gasteiger partial charge on any atom is 0.490 e. The SMILES string of the molecule is Nc1ccc2ccoc2c1.O=C(O)C(F)(F)F. The number of hydrogen-bond donors (Lipinski definition) is 2. The molecule has 2 rings (SSSR count). The van der Waals surface area contributed by atoms with E-state index >= 15 is 0 Å². The van der Waals surface area contributed by atoms with Gasteiger partial charge in [0.2, 0.25) is 0 Å². The quantitative estimate of drug-likeness (QED) is 0.701. The lowest BCUT2D eigenvalue weighted by molar-refractivity contribution is -0.192. The molecule has 0 saturated carbocycles. The molecule has 0 amide bonds. The Morgan fingerprint density at radius 2 is 1.88 bits per heavy atom. The molecule has 0 aliphatic rings. The summed E-state index contributed by atoms with van der Waals surface area (Å²) in [6, 6.07) is 7.52. The zero-order chi connectivity index (χ0) is 13.1. The summed E-state index contributed by atoms with van der Waals surface area (Å²) in [6.07, 6.45) is -3.43. The lowest BCUT2D eigenvalue weighted by Gasteiger charge is -1.93. The van der Waals surface area contributed by atoms with E-state index in [1.807, 2.05) is 24.3 Å². The largest absolute Gasteiger partial charge is 0.490 e. The Kier molecular flexibility index (Phi) is 3.62. The summed E-state index contributed by atoms with van der Waals surface area (Å²) in [5.41, 5.74) is 7.11. The number of carboxylic acids is 1. The molecule has 0 fully saturated rings. The first-order valence-electron chi connectivity index (χ1n) is 4.33. The van der Waals surface area contributed by atoms with Crippen LogP contribution in [-0.2, 0) is 4.79 Å². The predicted molar refractivity (Wildman–Crippen MR) is 54.3 cm³/mol. The van der Waals surface area contributed by atoms with Crippen molar-refractivity contribution in [1.82, 2.24) is 0 Å². The average molecular weight is 247 g/mol. The number of benzene rings is 1. The van der Waals surface area contributed by atoms with E-state index in [0.717, 1.165) is 16.7 Å². The number of furan rings is 1. The molecular formula is C10H8F3NO3. The normalized spacial score (nSPS) is 10.8. The Labute approximate surface area is 93.4 Å². The van der Waals surface area contributed by atoms with Crippen molar-refractivity contribution in [3.05, 3.63) is 30.5 Å². The minimum Gasteiger partial charge on any atom is -0.475 e. The smallest absolute Gasteiger partial charge is 0.475 e. The molecule has 0 unspecified atom stereocenters. The van der Waals surface area contributed by atoms with Crippen LogP contribution < -0.4 is 5.73 Å². The molecule has 0 spiro atoms. The number of nitrogen functional groups attached to an aromatic ring is 1. The fourth-order valence-electron chi connectivity index (χ4n) is 0.971. The van der Waals surface area contributed by atoms with Crippen LogP contribution in [0.2, 0.25) is 0 Å². The van der Waals surface area contributed by atoms with Gasteiger partial charge in [-0.3, -0.25) is 0 Å². The number of hydrogen-bond acceptors (Lipinski definition) is 3. The number of aliphatic carboxylic acids is 1. The molecule has 1 aromatic heterocycles. The van der Waals surface area contributed by atoms with E-state index in [1.165, 1.54) is 0 Å². The molecular weight excluding hydrogens is 239 g/mol. The monoisotopic (exact) mass is 247 g/mol. The fraction of sp³-hybridized carbons (Fsp3) is 0.100. The van der Waals surface area contributed by atoms with Crippen molar-refractivity contribution >= 4 is 22.6 Å². The fourth-order valence-corrected chi connectivity index (χ4v) is 0.971. The molecule has 0 bridgehead atoms. The van der Waals surface area contributed by atoms with Crippen LogP contribution in [0.25, 0.3) is 11.0 Å². The lowest BCUT2D eigenvalue weighted by Crippen LogP contribution is -2.21. The summed E-state index contributed by atoms with van der Waals surface area (Å²) in [5.74, 6) is -2.76. The number of fused-ring (bicyclic) bond motifs is 1. The number of anilines is 1. The van der Waals surface area contributed by atoms with Gasteiger partial charge in [-0.05, 0) is 18.2 Å². The Balaban J connectivity index is 0.000000185. The van der Waals surface area contributed by atoms with Crippen LogP contribution in [0, 0.1) is 0 Å². The number of carboxylic acid groups (broad SMARTS) is 1. The second kappa shape index (κ2) is 4.77. The minimum atomic E-state index is -5.08. The number of rotatable bonds is 0. The molecule has 1 aromatic carbocycles. The third-order valence-electron chi connectivity index (χ3n) is 1.72. The first-order valence-corrected chi connectivity index (χ1v) is 4.33. The number of nitrogens with two attached hydrogens (primary N) is 1. The van der Waals surface area contributed by atoms with E-state index in [0.29, 0.717) is 0 Å². The van der Waals surface area contributed by atoms with Crippen LogP contribution in [0.15, 0.2) is 34.9 Å². The van der Waals surface area contributed by atoms with Crippen molar-refractivity contribution in [1.29, 1.82) is 0 Å². The lowest BCUT2D eigenvalue weighted by atomic mass is 10.2. The summed E-state index contributed by atoms with van der Waals surface area (Å²) < 4.78 is 36.9. The summed E-state index contributed by atoms with van der Waals surface area (Å²) >= 11 is 0. The minimum absolute atomic E-state index is 0.738. The van der Waals surface area contributed by atoms with E-state index in [4.69, 9.17) is 20.1 Å². The molecule has 0 radical (unpaired) electrons. The van der Waals surface area contributed by atoms with Crippen LogP contribution in [0.5, 0.6) is 0 Å². The van der Waals surface area contributed by atoms with Crippen molar-refractivity contribution in [2.24, 2.45) is 0 Å². The molecule has 7 heteroatoms. The zero-order valence-electron chi connectivity index (χ0n) is 8.36. The van der Waals surface area contributed by atoms with Gasteiger partial charge in [-0.25, -0.2) is 4.79 Å². The van der Waals surface area contributed by atoms with Gasteiger partial charge in [0, 0.05) is 17.1 Å². The Morgan fingerprint density at radius 3 is 2.41 bits per heavy atom. The van der Waals surface area contributed by atoms with E-state index in [9.17, 15) is 13.2 Å². The molecule has 0 saturated heterocycles.